The van der Waals surface area contributed by atoms with Crippen LogP contribution in [0.15, 0.2) is 101 Å². The van der Waals surface area contributed by atoms with E-state index in [1.807, 2.05) is 77.7 Å². The van der Waals surface area contributed by atoms with Crippen LogP contribution in [0.25, 0.3) is 0 Å². The van der Waals surface area contributed by atoms with Crippen LogP contribution < -0.4 is 10.2 Å². The number of nitrogens with zero attached hydrogens (tertiary/aromatic N) is 4. The third-order valence-electron chi connectivity index (χ3n) is 5.07. The maximum atomic E-state index is 12.8. The molecule has 0 aliphatic carbocycles. The zero-order chi connectivity index (χ0) is 22.2. The summed E-state index contributed by atoms with van der Waals surface area (Å²) < 4.78 is 0. The number of hydrogen-bond donors (Lipinski definition) is 1. The monoisotopic (exact) mass is 441 g/mol. The minimum Gasteiger partial charge on any atom is -0.373 e. The van der Waals surface area contributed by atoms with Crippen LogP contribution in [0.4, 0.5) is 11.5 Å². The molecule has 0 atom stereocenters. The molecule has 160 valence electrons. The van der Waals surface area contributed by atoms with Gasteiger partial charge in [0.05, 0.1) is 5.69 Å². The normalized spacial score (nSPS) is 14.0. The molecule has 6 nitrogen and oxygen atoms in total. The number of nitriles is 1. The van der Waals surface area contributed by atoms with E-state index in [1.165, 1.54) is 0 Å². The van der Waals surface area contributed by atoms with E-state index in [1.54, 1.807) is 24.2 Å². The van der Waals surface area contributed by atoms with Crippen molar-refractivity contribution < 1.29 is 4.79 Å². The Bertz CT molecular complexity index is 1120. The van der Waals surface area contributed by atoms with Crippen LogP contribution in [0.2, 0.25) is 0 Å². The van der Waals surface area contributed by atoms with Gasteiger partial charge in [-0.25, -0.2) is 4.98 Å². The second-order valence-electron chi connectivity index (χ2n) is 7.23. The molecular formula is C25H23N5OS. The summed E-state index contributed by atoms with van der Waals surface area (Å²) in [5, 5.41) is 12.5. The van der Waals surface area contributed by atoms with Gasteiger partial charge in [0.1, 0.15) is 17.5 Å². The standard InChI is InChI=1S/C25H23N5OS/c26-18-20(19-29-14-16-30(17-15-29)24-12-6-7-13-27-24)25(31)28-22-10-4-5-11-23(22)32-21-8-2-1-3-9-21/h1-13,19H,14-17H2,(H,28,31)/b20-19-. The number of pyridine rings is 1. The zero-order valence-corrected chi connectivity index (χ0v) is 18.3. The maximum absolute atomic E-state index is 12.8. The van der Waals surface area contributed by atoms with E-state index in [2.05, 4.69) is 21.3 Å². The van der Waals surface area contributed by atoms with Gasteiger partial charge in [-0.05, 0) is 36.4 Å². The minimum absolute atomic E-state index is 0.0933. The van der Waals surface area contributed by atoms with E-state index >= 15 is 0 Å². The summed E-state index contributed by atoms with van der Waals surface area (Å²) in [5.74, 6) is 0.544. The van der Waals surface area contributed by atoms with Crippen molar-refractivity contribution in [1.29, 1.82) is 5.26 Å². The Hall–Kier alpha value is -3.76. The van der Waals surface area contributed by atoms with Gasteiger partial charge < -0.3 is 15.1 Å². The van der Waals surface area contributed by atoms with Gasteiger partial charge >= 0.3 is 0 Å². The molecule has 1 aromatic heterocycles. The number of aromatic nitrogens is 1. The summed E-state index contributed by atoms with van der Waals surface area (Å²) in [6.45, 7) is 3.00. The fourth-order valence-corrected chi connectivity index (χ4v) is 4.33. The Kier molecular flexibility index (Phi) is 7.05. The Morgan fingerprint density at radius 1 is 0.969 bits per heavy atom. The molecular weight excluding hydrogens is 418 g/mol. The molecule has 4 rings (SSSR count). The molecule has 7 heteroatoms. The van der Waals surface area contributed by atoms with Gasteiger partial charge in [-0.3, -0.25) is 4.79 Å². The number of carbonyl (C=O) groups is 1. The van der Waals surface area contributed by atoms with Gasteiger partial charge in [-0.1, -0.05) is 48.2 Å². The summed E-state index contributed by atoms with van der Waals surface area (Å²) in [6.07, 6.45) is 3.45. The fourth-order valence-electron chi connectivity index (χ4n) is 3.41. The molecule has 1 saturated heterocycles. The number of rotatable bonds is 6. The van der Waals surface area contributed by atoms with Crippen molar-refractivity contribution in [2.75, 3.05) is 36.4 Å². The van der Waals surface area contributed by atoms with Crippen molar-refractivity contribution in [3.8, 4) is 6.07 Å². The van der Waals surface area contributed by atoms with Gasteiger partial charge in [0.15, 0.2) is 0 Å². The first kappa shape index (κ1) is 21.5. The van der Waals surface area contributed by atoms with Crippen molar-refractivity contribution in [2.24, 2.45) is 0 Å². The van der Waals surface area contributed by atoms with Gasteiger partial charge in [-0.2, -0.15) is 5.26 Å². The lowest BCUT2D eigenvalue weighted by Gasteiger charge is -2.34. The Morgan fingerprint density at radius 2 is 1.69 bits per heavy atom. The van der Waals surface area contributed by atoms with Crippen LogP contribution >= 0.6 is 11.8 Å². The van der Waals surface area contributed by atoms with E-state index in [-0.39, 0.29) is 5.57 Å². The molecule has 1 amide bonds. The summed E-state index contributed by atoms with van der Waals surface area (Å²) in [7, 11) is 0. The number of para-hydroxylation sites is 1. The predicted molar refractivity (Wildman–Crippen MR) is 127 cm³/mol. The summed E-state index contributed by atoms with van der Waals surface area (Å²) in [6, 6.07) is 25.5. The largest absolute Gasteiger partial charge is 0.373 e. The molecule has 2 aromatic carbocycles. The third kappa shape index (κ3) is 5.48. The topological polar surface area (TPSA) is 72.3 Å². The van der Waals surface area contributed by atoms with Crippen LogP contribution in [0.5, 0.6) is 0 Å². The summed E-state index contributed by atoms with van der Waals surface area (Å²) in [4.78, 5) is 23.5. The molecule has 0 spiro atoms. The Morgan fingerprint density at radius 3 is 2.41 bits per heavy atom. The number of amides is 1. The van der Waals surface area contributed by atoms with Crippen molar-refractivity contribution >= 4 is 29.2 Å². The highest BCUT2D eigenvalue weighted by Gasteiger charge is 2.19. The lowest BCUT2D eigenvalue weighted by Crippen LogP contribution is -2.44. The number of nitrogens with one attached hydrogen (secondary N) is 1. The third-order valence-corrected chi connectivity index (χ3v) is 6.15. The van der Waals surface area contributed by atoms with Gasteiger partial charge in [0.25, 0.3) is 5.91 Å². The zero-order valence-electron chi connectivity index (χ0n) is 17.5. The van der Waals surface area contributed by atoms with Crippen LogP contribution in [-0.2, 0) is 4.79 Å². The second kappa shape index (κ2) is 10.5. The van der Waals surface area contributed by atoms with Crippen molar-refractivity contribution in [3.63, 3.8) is 0 Å². The first-order valence-electron chi connectivity index (χ1n) is 10.4. The highest BCUT2D eigenvalue weighted by atomic mass is 32.2. The molecule has 1 N–H and O–H groups in total. The highest BCUT2D eigenvalue weighted by Crippen LogP contribution is 2.33. The Labute approximate surface area is 192 Å². The number of piperazine rings is 1. The van der Waals surface area contributed by atoms with Crippen LogP contribution in [0, 0.1) is 11.3 Å². The molecule has 0 radical (unpaired) electrons. The van der Waals surface area contributed by atoms with E-state index in [0.29, 0.717) is 5.69 Å². The highest BCUT2D eigenvalue weighted by molar-refractivity contribution is 7.99. The summed E-state index contributed by atoms with van der Waals surface area (Å²) >= 11 is 1.57. The van der Waals surface area contributed by atoms with E-state index < -0.39 is 5.91 Å². The SMILES string of the molecule is N#C/C(=C/N1CCN(c2ccccn2)CC1)C(=O)Nc1ccccc1Sc1ccccc1. The molecule has 1 fully saturated rings. The maximum Gasteiger partial charge on any atom is 0.267 e. The second-order valence-corrected chi connectivity index (χ2v) is 8.35. The van der Waals surface area contributed by atoms with Crippen molar-refractivity contribution in [2.45, 2.75) is 9.79 Å². The van der Waals surface area contributed by atoms with Gasteiger partial charge in [0, 0.05) is 48.4 Å². The number of carbonyl (C=O) groups excluding carboxylic acids is 1. The minimum atomic E-state index is -0.402. The first-order valence-corrected chi connectivity index (χ1v) is 11.2. The first-order chi connectivity index (χ1) is 15.7. The van der Waals surface area contributed by atoms with Gasteiger partial charge in [0.2, 0.25) is 0 Å². The molecule has 1 aliphatic rings. The molecule has 3 aromatic rings. The smallest absolute Gasteiger partial charge is 0.267 e. The molecule has 0 saturated carbocycles. The molecule has 0 bridgehead atoms. The molecule has 2 heterocycles. The average Bonchev–Trinajstić information content (AvgIpc) is 2.85. The number of benzene rings is 2. The Balaban J connectivity index is 1.41. The predicted octanol–water partition coefficient (Wildman–Crippen LogP) is 4.40. The van der Waals surface area contributed by atoms with E-state index in [9.17, 15) is 10.1 Å². The fraction of sp³-hybridized carbons (Fsp3) is 0.160. The molecule has 0 unspecified atom stereocenters. The summed E-state index contributed by atoms with van der Waals surface area (Å²) in [5.41, 5.74) is 0.781. The van der Waals surface area contributed by atoms with Crippen molar-refractivity contribution in [3.05, 3.63) is 90.8 Å². The molecule has 1 aliphatic heterocycles. The lowest BCUT2D eigenvalue weighted by atomic mass is 10.2. The number of anilines is 2. The van der Waals surface area contributed by atoms with Crippen LogP contribution in [-0.4, -0.2) is 42.0 Å². The quantitative estimate of drug-likeness (QED) is 0.452. The lowest BCUT2D eigenvalue weighted by molar-refractivity contribution is -0.112. The van der Waals surface area contributed by atoms with E-state index in [4.69, 9.17) is 0 Å². The average molecular weight is 442 g/mol. The number of hydrogen-bond acceptors (Lipinski definition) is 6. The van der Waals surface area contributed by atoms with E-state index in [0.717, 1.165) is 41.8 Å². The van der Waals surface area contributed by atoms with Gasteiger partial charge in [-0.15, -0.1) is 0 Å². The van der Waals surface area contributed by atoms with Crippen molar-refractivity contribution in [1.82, 2.24) is 9.88 Å². The van der Waals surface area contributed by atoms with Crippen LogP contribution in [0.1, 0.15) is 0 Å². The van der Waals surface area contributed by atoms with Crippen LogP contribution in [0.3, 0.4) is 0 Å². The molecule has 32 heavy (non-hydrogen) atoms.